The summed E-state index contributed by atoms with van der Waals surface area (Å²) in [5.74, 6) is -0.871. The van der Waals surface area contributed by atoms with Gasteiger partial charge in [-0.2, -0.15) is 4.98 Å². The molecule has 0 bridgehead atoms. The first-order valence-electron chi connectivity index (χ1n) is 6.27. The molecule has 1 fully saturated rings. The van der Waals surface area contributed by atoms with E-state index in [2.05, 4.69) is 20.6 Å². The highest BCUT2D eigenvalue weighted by Crippen LogP contribution is 2.30. The van der Waals surface area contributed by atoms with Crippen molar-refractivity contribution in [2.45, 2.75) is 13.8 Å². The van der Waals surface area contributed by atoms with Crippen LogP contribution in [-0.2, 0) is 9.59 Å². The van der Waals surface area contributed by atoms with Crippen molar-refractivity contribution in [3.63, 3.8) is 0 Å². The smallest absolute Gasteiger partial charge is 0.332 e. The van der Waals surface area contributed by atoms with Gasteiger partial charge in [0.1, 0.15) is 5.69 Å². The minimum atomic E-state index is -0.614. The number of aryl methyl sites for hydroxylation is 1. The Bertz CT molecular complexity index is 601. The zero-order chi connectivity index (χ0) is 15.6. The van der Waals surface area contributed by atoms with Crippen molar-refractivity contribution in [2.75, 3.05) is 29.9 Å². The van der Waals surface area contributed by atoms with E-state index in [-0.39, 0.29) is 36.2 Å². The third kappa shape index (κ3) is 3.04. The van der Waals surface area contributed by atoms with Crippen molar-refractivity contribution in [1.82, 2.24) is 15.3 Å². The van der Waals surface area contributed by atoms with Crippen LogP contribution in [0, 0.1) is 17.0 Å². The minimum absolute atomic E-state index is 0.0355. The minimum Gasteiger partial charge on any atom is -0.354 e. The SMILES string of the molecule is CCNc1nc(C)c([N+](=O)[O-])c(N2CC(=O)NC(=O)C2)n1. The van der Waals surface area contributed by atoms with Crippen LogP contribution in [0.1, 0.15) is 12.6 Å². The van der Waals surface area contributed by atoms with E-state index in [1.807, 2.05) is 6.92 Å². The van der Waals surface area contributed by atoms with Gasteiger partial charge in [-0.3, -0.25) is 25.0 Å². The van der Waals surface area contributed by atoms with Gasteiger partial charge in [0.25, 0.3) is 0 Å². The number of anilines is 2. The van der Waals surface area contributed by atoms with Gasteiger partial charge in [-0.05, 0) is 13.8 Å². The van der Waals surface area contributed by atoms with Crippen molar-refractivity contribution in [3.05, 3.63) is 15.8 Å². The summed E-state index contributed by atoms with van der Waals surface area (Å²) in [4.78, 5) is 42.8. The molecule has 0 aliphatic carbocycles. The quantitative estimate of drug-likeness (QED) is 0.435. The van der Waals surface area contributed by atoms with Crippen molar-refractivity contribution in [1.29, 1.82) is 0 Å². The first-order valence-corrected chi connectivity index (χ1v) is 6.27. The molecule has 10 heteroatoms. The summed E-state index contributed by atoms with van der Waals surface area (Å²) in [6.07, 6.45) is 0. The fourth-order valence-corrected chi connectivity index (χ4v) is 2.01. The van der Waals surface area contributed by atoms with Crippen molar-refractivity contribution < 1.29 is 14.5 Å². The number of aromatic nitrogens is 2. The van der Waals surface area contributed by atoms with E-state index in [1.165, 1.54) is 11.8 Å². The molecule has 0 spiro atoms. The Kier molecular flexibility index (Phi) is 3.96. The largest absolute Gasteiger partial charge is 0.354 e. The Hall–Kier alpha value is -2.78. The lowest BCUT2D eigenvalue weighted by atomic mass is 10.3. The predicted octanol–water partition coefficient (Wildman–Crippen LogP) is -0.412. The summed E-state index contributed by atoms with van der Waals surface area (Å²) in [5.41, 5.74) is -0.140. The molecule has 2 N–H and O–H groups in total. The number of hydrogen-bond acceptors (Lipinski definition) is 8. The van der Waals surface area contributed by atoms with Gasteiger partial charge in [0, 0.05) is 6.54 Å². The van der Waals surface area contributed by atoms with Crippen LogP contribution >= 0.6 is 0 Å². The van der Waals surface area contributed by atoms with Gasteiger partial charge in [0.2, 0.25) is 23.6 Å². The molecule has 0 aromatic carbocycles. The number of rotatable bonds is 4. The second-order valence-corrected chi connectivity index (χ2v) is 4.42. The van der Waals surface area contributed by atoms with Crippen molar-refractivity contribution >= 4 is 29.3 Å². The van der Waals surface area contributed by atoms with Crippen LogP contribution in [0.3, 0.4) is 0 Å². The average Bonchev–Trinajstić information content (AvgIpc) is 2.36. The summed E-state index contributed by atoms with van der Waals surface area (Å²) >= 11 is 0. The molecule has 1 aliphatic rings. The molecule has 21 heavy (non-hydrogen) atoms. The Morgan fingerprint density at radius 2 is 1.95 bits per heavy atom. The summed E-state index contributed by atoms with van der Waals surface area (Å²) in [5, 5.41) is 16.2. The molecular formula is C11H14N6O4. The van der Waals surface area contributed by atoms with E-state index >= 15 is 0 Å². The summed E-state index contributed by atoms with van der Waals surface area (Å²) in [7, 11) is 0. The lowest BCUT2D eigenvalue weighted by Crippen LogP contribution is -2.52. The first-order chi connectivity index (χ1) is 9.92. The normalized spacial score (nSPS) is 14.9. The number of carbonyl (C=O) groups is 2. The lowest BCUT2D eigenvalue weighted by Gasteiger charge is -2.26. The summed E-state index contributed by atoms with van der Waals surface area (Å²) in [6, 6.07) is 0. The Morgan fingerprint density at radius 1 is 1.33 bits per heavy atom. The van der Waals surface area contributed by atoms with Crippen LogP contribution < -0.4 is 15.5 Å². The van der Waals surface area contributed by atoms with E-state index in [4.69, 9.17) is 0 Å². The van der Waals surface area contributed by atoms with Crippen LogP contribution in [0.2, 0.25) is 0 Å². The molecule has 10 nitrogen and oxygen atoms in total. The van der Waals surface area contributed by atoms with Gasteiger partial charge >= 0.3 is 5.69 Å². The highest BCUT2D eigenvalue weighted by atomic mass is 16.6. The van der Waals surface area contributed by atoms with E-state index in [0.717, 1.165) is 0 Å². The third-order valence-corrected chi connectivity index (χ3v) is 2.80. The fourth-order valence-electron chi connectivity index (χ4n) is 2.01. The molecule has 1 aliphatic heterocycles. The molecule has 2 heterocycles. The third-order valence-electron chi connectivity index (χ3n) is 2.80. The van der Waals surface area contributed by atoms with Gasteiger partial charge in [0.15, 0.2) is 0 Å². The van der Waals surface area contributed by atoms with E-state index < -0.39 is 16.7 Å². The molecule has 0 unspecified atom stereocenters. The molecule has 0 atom stereocenters. The Morgan fingerprint density at radius 3 is 2.48 bits per heavy atom. The van der Waals surface area contributed by atoms with Crippen LogP contribution in [0.15, 0.2) is 0 Å². The predicted molar refractivity (Wildman–Crippen MR) is 72.9 cm³/mol. The number of amides is 2. The number of carbonyl (C=O) groups excluding carboxylic acids is 2. The van der Waals surface area contributed by atoms with Gasteiger partial charge in [0.05, 0.1) is 18.0 Å². The average molecular weight is 294 g/mol. The zero-order valence-electron chi connectivity index (χ0n) is 11.5. The van der Waals surface area contributed by atoms with Crippen LogP contribution in [0.5, 0.6) is 0 Å². The van der Waals surface area contributed by atoms with E-state index in [1.54, 1.807) is 0 Å². The second kappa shape index (κ2) is 5.69. The van der Waals surface area contributed by atoms with E-state index in [0.29, 0.717) is 6.54 Å². The second-order valence-electron chi connectivity index (χ2n) is 4.42. The monoisotopic (exact) mass is 294 g/mol. The number of piperazine rings is 1. The molecule has 2 amide bonds. The highest BCUT2D eigenvalue weighted by molar-refractivity contribution is 6.02. The lowest BCUT2D eigenvalue weighted by molar-refractivity contribution is -0.385. The number of nitrogens with one attached hydrogen (secondary N) is 2. The summed E-state index contributed by atoms with van der Waals surface area (Å²) in [6.45, 7) is 3.51. The zero-order valence-corrected chi connectivity index (χ0v) is 11.5. The standard InChI is InChI=1S/C11H14N6O4/c1-3-12-11-13-6(2)9(17(20)21)10(15-11)16-4-7(18)14-8(19)5-16/h3-5H2,1-2H3,(H,12,13,15)(H,14,18,19). The Labute approximate surface area is 119 Å². The topological polar surface area (TPSA) is 130 Å². The van der Waals surface area contributed by atoms with Gasteiger partial charge in [-0.15, -0.1) is 0 Å². The highest BCUT2D eigenvalue weighted by Gasteiger charge is 2.31. The number of hydrogen-bond donors (Lipinski definition) is 2. The molecule has 2 rings (SSSR count). The number of nitro groups is 1. The van der Waals surface area contributed by atoms with Crippen LogP contribution in [0.4, 0.5) is 17.5 Å². The molecule has 112 valence electrons. The molecule has 1 saturated heterocycles. The Balaban J connectivity index is 2.50. The van der Waals surface area contributed by atoms with Crippen LogP contribution in [0.25, 0.3) is 0 Å². The van der Waals surface area contributed by atoms with E-state index in [9.17, 15) is 19.7 Å². The van der Waals surface area contributed by atoms with Crippen molar-refractivity contribution in [3.8, 4) is 0 Å². The molecule has 1 aromatic rings. The first kappa shape index (κ1) is 14.6. The fraction of sp³-hybridized carbons (Fsp3) is 0.455. The van der Waals surface area contributed by atoms with Crippen LogP contribution in [-0.4, -0.2) is 46.3 Å². The number of nitrogens with zero attached hydrogens (tertiary/aromatic N) is 4. The maximum absolute atomic E-state index is 11.4. The molecule has 0 saturated carbocycles. The molecule has 0 radical (unpaired) electrons. The maximum atomic E-state index is 11.4. The molecule has 1 aromatic heterocycles. The van der Waals surface area contributed by atoms with Crippen molar-refractivity contribution in [2.24, 2.45) is 0 Å². The van der Waals surface area contributed by atoms with Gasteiger partial charge in [-0.25, -0.2) is 4.98 Å². The van der Waals surface area contributed by atoms with Gasteiger partial charge in [-0.1, -0.05) is 0 Å². The molecular weight excluding hydrogens is 280 g/mol. The van der Waals surface area contributed by atoms with Gasteiger partial charge < -0.3 is 10.2 Å². The number of imide groups is 1. The summed E-state index contributed by atoms with van der Waals surface area (Å²) < 4.78 is 0. The maximum Gasteiger partial charge on any atom is 0.332 e.